The quantitative estimate of drug-likeness (QED) is 0.281. The average Bonchev–Trinajstić information content (AvgIpc) is 3.16. The van der Waals surface area contributed by atoms with E-state index < -0.39 is 0 Å². The van der Waals surface area contributed by atoms with E-state index in [1.807, 2.05) is 30.3 Å². The lowest BCUT2D eigenvalue weighted by molar-refractivity contribution is 0.815. The second kappa shape index (κ2) is 7.59. The van der Waals surface area contributed by atoms with Crippen molar-refractivity contribution < 1.29 is 0 Å². The fraction of sp³-hybridized carbons (Fsp3) is 0.0476. The predicted octanol–water partition coefficient (Wildman–Crippen LogP) is 5.34. The normalized spacial score (nSPS) is 11.3. The summed E-state index contributed by atoms with van der Waals surface area (Å²) >= 11 is 9.16. The van der Waals surface area contributed by atoms with E-state index in [-0.39, 0.29) is 5.56 Å². The highest BCUT2D eigenvalue weighted by Gasteiger charge is 2.15. The van der Waals surface area contributed by atoms with E-state index in [2.05, 4.69) is 16.0 Å². The molecule has 0 radical (unpaired) electrons. The zero-order valence-corrected chi connectivity index (χ0v) is 17.3. The minimum Gasteiger partial charge on any atom is -0.266 e. The number of thioether (sulfide) groups is 1. The molecule has 3 heterocycles. The van der Waals surface area contributed by atoms with Crippen molar-refractivity contribution in [2.24, 2.45) is 0 Å². The zero-order valence-electron chi connectivity index (χ0n) is 14.9. The first-order chi connectivity index (χ1) is 14.2. The molecule has 5 nitrogen and oxygen atoms in total. The first kappa shape index (κ1) is 18.3. The average molecular weight is 437 g/mol. The molecule has 5 aromatic rings. The Morgan fingerprint density at radius 1 is 0.966 bits per heavy atom. The van der Waals surface area contributed by atoms with Crippen LogP contribution in [-0.2, 0) is 5.75 Å². The minimum atomic E-state index is -0.204. The summed E-state index contributed by atoms with van der Waals surface area (Å²) in [7, 11) is 0. The first-order valence-electron chi connectivity index (χ1n) is 8.80. The third-order valence-electron chi connectivity index (χ3n) is 4.35. The summed E-state index contributed by atoms with van der Waals surface area (Å²) in [6.07, 6.45) is 1.60. The van der Waals surface area contributed by atoms with Gasteiger partial charge in [-0.05, 0) is 48.5 Å². The Balaban J connectivity index is 1.60. The molecule has 0 N–H and O–H groups in total. The molecule has 29 heavy (non-hydrogen) atoms. The Hall–Kier alpha value is -2.74. The topological polar surface area (TPSA) is 60.7 Å². The number of hydrogen-bond acceptors (Lipinski definition) is 6. The number of halogens is 1. The third kappa shape index (κ3) is 3.53. The van der Waals surface area contributed by atoms with Gasteiger partial charge in [-0.1, -0.05) is 35.5 Å². The summed E-state index contributed by atoms with van der Waals surface area (Å²) in [6.45, 7) is 0. The van der Waals surface area contributed by atoms with E-state index in [1.165, 1.54) is 11.8 Å². The van der Waals surface area contributed by atoms with Crippen molar-refractivity contribution in [1.82, 2.24) is 19.5 Å². The molecular formula is C21H13ClN4OS2. The molecule has 0 bridgehead atoms. The van der Waals surface area contributed by atoms with Crippen LogP contribution in [-0.4, -0.2) is 19.5 Å². The Morgan fingerprint density at radius 2 is 1.76 bits per heavy atom. The Kier molecular flexibility index (Phi) is 4.79. The van der Waals surface area contributed by atoms with Gasteiger partial charge in [0.05, 0.1) is 27.2 Å². The van der Waals surface area contributed by atoms with Gasteiger partial charge in [-0.25, -0.2) is 15.0 Å². The van der Waals surface area contributed by atoms with Crippen molar-refractivity contribution in [3.05, 3.63) is 87.2 Å². The summed E-state index contributed by atoms with van der Waals surface area (Å²) < 4.78 is 2.73. The number of hydrogen-bond donors (Lipinski definition) is 0. The maximum atomic E-state index is 13.2. The van der Waals surface area contributed by atoms with Crippen LogP contribution in [0.4, 0.5) is 0 Å². The molecule has 0 unspecified atom stereocenters. The van der Waals surface area contributed by atoms with Crippen molar-refractivity contribution >= 4 is 55.9 Å². The Labute approximate surface area is 179 Å². The van der Waals surface area contributed by atoms with E-state index in [0.717, 1.165) is 15.2 Å². The van der Waals surface area contributed by atoms with Crippen LogP contribution in [0.5, 0.6) is 0 Å². The molecule has 2 aromatic carbocycles. The first-order valence-corrected chi connectivity index (χ1v) is 11.0. The molecule has 0 fully saturated rings. The van der Waals surface area contributed by atoms with E-state index in [1.54, 1.807) is 46.4 Å². The molecule has 0 aliphatic rings. The fourth-order valence-corrected chi connectivity index (χ4v) is 5.12. The molecule has 0 saturated heterocycles. The van der Waals surface area contributed by atoms with Gasteiger partial charge in [0.25, 0.3) is 5.56 Å². The van der Waals surface area contributed by atoms with Crippen LogP contribution in [0, 0.1) is 0 Å². The monoisotopic (exact) mass is 436 g/mol. The number of benzene rings is 2. The molecule has 0 aliphatic carbocycles. The van der Waals surface area contributed by atoms with Crippen LogP contribution < -0.4 is 5.56 Å². The smallest absolute Gasteiger partial charge is 0.266 e. The van der Waals surface area contributed by atoms with Gasteiger partial charge in [-0.3, -0.25) is 9.36 Å². The number of rotatable bonds is 4. The molecule has 0 aliphatic heterocycles. The Bertz CT molecular complexity index is 1360. The van der Waals surface area contributed by atoms with Crippen LogP contribution in [0.25, 0.3) is 26.9 Å². The molecule has 8 heteroatoms. The van der Waals surface area contributed by atoms with Gasteiger partial charge in [-0.2, -0.15) is 0 Å². The second-order valence-electron chi connectivity index (χ2n) is 6.25. The van der Waals surface area contributed by atoms with Crippen LogP contribution in [0.15, 0.2) is 76.8 Å². The van der Waals surface area contributed by atoms with Gasteiger partial charge in [0.1, 0.15) is 5.01 Å². The fourth-order valence-electron chi connectivity index (χ4n) is 3.02. The molecule has 142 valence electrons. The van der Waals surface area contributed by atoms with Gasteiger partial charge in [-0.15, -0.1) is 11.3 Å². The number of thiazole rings is 1. The molecule has 0 atom stereocenters. The molecule has 0 saturated carbocycles. The molecule has 3 aromatic heterocycles. The van der Waals surface area contributed by atoms with Crippen LogP contribution >= 0.6 is 34.7 Å². The summed E-state index contributed by atoms with van der Waals surface area (Å²) in [6, 6.07) is 18.8. The van der Waals surface area contributed by atoms with Crippen molar-refractivity contribution in [3.63, 3.8) is 0 Å². The highest BCUT2D eigenvalue weighted by molar-refractivity contribution is 7.98. The van der Waals surface area contributed by atoms with Gasteiger partial charge in [0, 0.05) is 11.2 Å². The Morgan fingerprint density at radius 3 is 2.59 bits per heavy atom. The summed E-state index contributed by atoms with van der Waals surface area (Å²) in [5.74, 6) is 0.616. The van der Waals surface area contributed by atoms with Crippen LogP contribution in [0.2, 0.25) is 5.02 Å². The van der Waals surface area contributed by atoms with Gasteiger partial charge < -0.3 is 0 Å². The second-order valence-corrected chi connectivity index (χ2v) is 8.74. The van der Waals surface area contributed by atoms with Crippen molar-refractivity contribution in [1.29, 1.82) is 0 Å². The summed E-state index contributed by atoms with van der Waals surface area (Å²) in [4.78, 5) is 26.8. The number of aromatic nitrogens is 4. The van der Waals surface area contributed by atoms with Gasteiger partial charge in [0.15, 0.2) is 10.7 Å². The highest BCUT2D eigenvalue weighted by atomic mass is 35.5. The van der Waals surface area contributed by atoms with E-state index in [9.17, 15) is 4.79 Å². The predicted molar refractivity (Wildman–Crippen MR) is 119 cm³/mol. The SMILES string of the molecule is O=c1c2ncccc2nc(SCc2nc3ccccc3s2)n1-c1ccc(Cl)cc1. The molecule has 5 rings (SSSR count). The number of pyridine rings is 1. The van der Waals surface area contributed by atoms with E-state index in [4.69, 9.17) is 16.6 Å². The largest absolute Gasteiger partial charge is 0.285 e. The number of nitrogens with zero attached hydrogens (tertiary/aromatic N) is 4. The van der Waals surface area contributed by atoms with Crippen LogP contribution in [0.1, 0.15) is 5.01 Å². The standard InChI is InChI=1S/C21H13ClN4OS2/c22-13-7-9-14(10-8-13)26-20(27)19-16(5-3-11-23-19)25-21(26)28-12-18-24-15-4-1-2-6-17(15)29-18/h1-11H,12H2. The maximum Gasteiger partial charge on any atom is 0.285 e. The third-order valence-corrected chi connectivity index (χ3v) is 6.77. The van der Waals surface area contributed by atoms with Crippen LogP contribution in [0.3, 0.4) is 0 Å². The zero-order chi connectivity index (χ0) is 19.8. The van der Waals surface area contributed by atoms with E-state index >= 15 is 0 Å². The number of fused-ring (bicyclic) bond motifs is 2. The summed E-state index contributed by atoms with van der Waals surface area (Å²) in [5, 5.41) is 2.19. The van der Waals surface area contributed by atoms with Gasteiger partial charge in [0.2, 0.25) is 0 Å². The number of para-hydroxylation sites is 1. The van der Waals surface area contributed by atoms with Gasteiger partial charge >= 0.3 is 0 Å². The lowest BCUT2D eigenvalue weighted by Gasteiger charge is -2.12. The summed E-state index contributed by atoms with van der Waals surface area (Å²) in [5.41, 5.74) is 2.40. The minimum absolute atomic E-state index is 0.204. The maximum absolute atomic E-state index is 13.2. The lowest BCUT2D eigenvalue weighted by atomic mass is 10.3. The van der Waals surface area contributed by atoms with Crippen molar-refractivity contribution in [2.75, 3.05) is 0 Å². The van der Waals surface area contributed by atoms with E-state index in [0.29, 0.717) is 32.7 Å². The van der Waals surface area contributed by atoms with Crippen molar-refractivity contribution in [3.8, 4) is 5.69 Å². The lowest BCUT2D eigenvalue weighted by Crippen LogP contribution is -2.22. The highest BCUT2D eigenvalue weighted by Crippen LogP contribution is 2.29. The molecule has 0 spiro atoms. The van der Waals surface area contributed by atoms with Crippen molar-refractivity contribution in [2.45, 2.75) is 10.9 Å². The molecular weight excluding hydrogens is 424 g/mol. The molecule has 0 amide bonds.